The van der Waals surface area contributed by atoms with Crippen LogP contribution in [0.3, 0.4) is 0 Å². The molecule has 1 aromatic heterocycles. The van der Waals surface area contributed by atoms with Crippen LogP contribution in [-0.2, 0) is 19.1 Å². The molecule has 3 rings (SSSR count). The Balaban J connectivity index is 1.96. The molecule has 0 aliphatic carbocycles. The van der Waals surface area contributed by atoms with Crippen LogP contribution in [0.1, 0.15) is 23.2 Å². The maximum Gasteiger partial charge on any atom is 0.433 e. The average molecular weight is 339 g/mol. The summed E-state index contributed by atoms with van der Waals surface area (Å²) < 4.78 is 44.4. The van der Waals surface area contributed by atoms with Gasteiger partial charge in [-0.1, -0.05) is 6.07 Å². The Morgan fingerprint density at radius 3 is 2.83 bits per heavy atom. The number of nitrogens with zero attached hydrogens (tertiary/aromatic N) is 1. The summed E-state index contributed by atoms with van der Waals surface area (Å²) in [5.74, 6) is 0.242. The zero-order chi connectivity index (χ0) is 17.3. The maximum absolute atomic E-state index is 12.9. The highest BCUT2D eigenvalue weighted by atomic mass is 19.4. The van der Waals surface area contributed by atoms with Crippen molar-refractivity contribution in [2.24, 2.45) is 5.73 Å². The van der Waals surface area contributed by atoms with Gasteiger partial charge in [0.25, 0.3) is 0 Å². The van der Waals surface area contributed by atoms with Crippen LogP contribution >= 0.6 is 0 Å². The van der Waals surface area contributed by atoms with Crippen molar-refractivity contribution in [3.8, 4) is 11.6 Å². The number of nitrogens with two attached hydrogens (primary N) is 1. The van der Waals surface area contributed by atoms with Crippen LogP contribution in [0.5, 0.6) is 11.6 Å². The number of benzene rings is 1. The largest absolute Gasteiger partial charge is 0.439 e. The van der Waals surface area contributed by atoms with Crippen molar-refractivity contribution in [1.29, 1.82) is 0 Å². The molecule has 0 fully saturated rings. The van der Waals surface area contributed by atoms with E-state index in [0.717, 1.165) is 11.6 Å². The van der Waals surface area contributed by atoms with Gasteiger partial charge in [0.2, 0.25) is 5.88 Å². The summed E-state index contributed by atoms with van der Waals surface area (Å²) in [5, 5.41) is 12.5. The molecule has 1 aliphatic heterocycles. The number of aromatic nitrogens is 1. The molecule has 4 N–H and O–H groups in total. The fourth-order valence-corrected chi connectivity index (χ4v) is 2.57. The first kappa shape index (κ1) is 16.5. The van der Waals surface area contributed by atoms with Gasteiger partial charge < -0.3 is 20.9 Å². The van der Waals surface area contributed by atoms with E-state index in [4.69, 9.17) is 10.5 Å². The third kappa shape index (κ3) is 3.44. The molecular weight excluding hydrogens is 323 g/mol. The average Bonchev–Trinajstić information content (AvgIpc) is 2.53. The highest BCUT2D eigenvalue weighted by molar-refractivity contribution is 5.60. The van der Waals surface area contributed by atoms with Gasteiger partial charge >= 0.3 is 6.18 Å². The summed E-state index contributed by atoms with van der Waals surface area (Å²) in [7, 11) is 0. The third-order valence-electron chi connectivity index (χ3n) is 3.73. The van der Waals surface area contributed by atoms with Crippen LogP contribution in [0.15, 0.2) is 30.3 Å². The minimum absolute atomic E-state index is 0.0530. The number of halogens is 3. The summed E-state index contributed by atoms with van der Waals surface area (Å²) in [6.07, 6.45) is -4.20. The summed E-state index contributed by atoms with van der Waals surface area (Å²) in [5.41, 5.74) is 6.18. The molecular formula is C16H16F3N3O2. The summed E-state index contributed by atoms with van der Waals surface area (Å²) >= 11 is 0. The highest BCUT2D eigenvalue weighted by Gasteiger charge is 2.33. The predicted molar refractivity (Wildman–Crippen MR) is 81.6 cm³/mol. The molecule has 1 aromatic carbocycles. The van der Waals surface area contributed by atoms with Gasteiger partial charge in [0, 0.05) is 23.9 Å². The molecule has 0 saturated heterocycles. The number of hydrogen-bond acceptors (Lipinski definition) is 5. The number of pyridine rings is 1. The van der Waals surface area contributed by atoms with Crippen molar-refractivity contribution >= 4 is 5.69 Å². The Morgan fingerprint density at radius 1 is 1.33 bits per heavy atom. The second kappa shape index (κ2) is 6.29. The van der Waals surface area contributed by atoms with Crippen LogP contribution in [-0.4, -0.2) is 16.3 Å². The number of nitrogens with one attached hydrogen (secondary N) is 1. The van der Waals surface area contributed by atoms with Crippen LogP contribution in [0, 0.1) is 0 Å². The number of ether oxygens (including phenoxy) is 1. The number of hydrogen-bond donors (Lipinski definition) is 3. The van der Waals surface area contributed by atoms with E-state index in [1.165, 1.54) is 6.07 Å². The number of anilines is 1. The Bertz CT molecular complexity index is 750. The fourth-order valence-electron chi connectivity index (χ4n) is 2.57. The smallest absolute Gasteiger partial charge is 0.433 e. The number of aliphatic hydroxyl groups is 1. The van der Waals surface area contributed by atoms with E-state index in [9.17, 15) is 18.3 Å². The molecule has 1 atom stereocenters. The molecule has 5 nitrogen and oxygen atoms in total. The Labute approximate surface area is 136 Å². The van der Waals surface area contributed by atoms with Gasteiger partial charge in [-0.2, -0.15) is 13.2 Å². The molecule has 0 saturated carbocycles. The second-order valence-electron chi connectivity index (χ2n) is 5.48. The zero-order valence-electron chi connectivity index (χ0n) is 12.6. The third-order valence-corrected chi connectivity index (χ3v) is 3.73. The van der Waals surface area contributed by atoms with E-state index < -0.39 is 18.1 Å². The van der Waals surface area contributed by atoms with Crippen LogP contribution in [0.4, 0.5) is 18.9 Å². The predicted octanol–water partition coefficient (Wildman–Crippen LogP) is 3.03. The first-order valence-corrected chi connectivity index (χ1v) is 7.39. The van der Waals surface area contributed by atoms with Gasteiger partial charge in [-0.05, 0) is 36.6 Å². The molecule has 128 valence electrons. The molecule has 2 heterocycles. The molecule has 24 heavy (non-hydrogen) atoms. The molecule has 1 aliphatic rings. The molecule has 1 unspecified atom stereocenters. The monoisotopic (exact) mass is 339 g/mol. The van der Waals surface area contributed by atoms with Crippen molar-refractivity contribution in [2.45, 2.75) is 31.8 Å². The standard InChI is InChI=1S/C16H16F3N3O2/c17-16(18,19)13-6-9(8-20)7-15(22-13)24-12-3-1-2-11-10(12)4-5-14(23)21-11/h1-3,6-7,14,21,23H,4-5,8,20H2. The number of aliphatic hydroxyl groups excluding tert-OH is 1. The van der Waals surface area contributed by atoms with E-state index >= 15 is 0 Å². The molecule has 0 radical (unpaired) electrons. The first-order valence-electron chi connectivity index (χ1n) is 7.39. The fraction of sp³-hybridized carbons (Fsp3) is 0.312. The number of alkyl halides is 3. The summed E-state index contributed by atoms with van der Waals surface area (Å²) in [6, 6.07) is 7.42. The Hall–Kier alpha value is -2.32. The molecule has 0 bridgehead atoms. The van der Waals surface area contributed by atoms with Gasteiger partial charge in [-0.15, -0.1) is 0 Å². The number of rotatable bonds is 3. The van der Waals surface area contributed by atoms with Gasteiger partial charge in [-0.3, -0.25) is 0 Å². The van der Waals surface area contributed by atoms with Crippen LogP contribution < -0.4 is 15.8 Å². The normalized spacial score (nSPS) is 17.1. The van der Waals surface area contributed by atoms with Crippen LogP contribution in [0.25, 0.3) is 0 Å². The molecule has 0 spiro atoms. The Kier molecular flexibility index (Phi) is 4.33. The molecule has 0 amide bonds. The van der Waals surface area contributed by atoms with E-state index in [1.54, 1.807) is 18.2 Å². The van der Waals surface area contributed by atoms with Crippen molar-refractivity contribution in [3.63, 3.8) is 0 Å². The van der Waals surface area contributed by atoms with E-state index in [1.807, 2.05) is 0 Å². The van der Waals surface area contributed by atoms with Crippen molar-refractivity contribution < 1.29 is 23.0 Å². The maximum atomic E-state index is 12.9. The zero-order valence-corrected chi connectivity index (χ0v) is 12.6. The molecule has 8 heteroatoms. The lowest BCUT2D eigenvalue weighted by molar-refractivity contribution is -0.141. The van der Waals surface area contributed by atoms with Crippen LogP contribution in [0.2, 0.25) is 0 Å². The minimum Gasteiger partial charge on any atom is -0.439 e. The second-order valence-corrected chi connectivity index (χ2v) is 5.48. The molecule has 2 aromatic rings. The summed E-state index contributed by atoms with van der Waals surface area (Å²) in [4.78, 5) is 3.54. The lowest BCUT2D eigenvalue weighted by Crippen LogP contribution is -2.24. The lowest BCUT2D eigenvalue weighted by atomic mass is 10.0. The minimum atomic E-state index is -4.58. The quantitative estimate of drug-likeness (QED) is 0.801. The lowest BCUT2D eigenvalue weighted by Gasteiger charge is -2.24. The van der Waals surface area contributed by atoms with Crippen molar-refractivity contribution in [1.82, 2.24) is 4.98 Å². The highest BCUT2D eigenvalue weighted by Crippen LogP contribution is 2.36. The van der Waals surface area contributed by atoms with Crippen molar-refractivity contribution in [2.75, 3.05) is 5.32 Å². The van der Waals surface area contributed by atoms with E-state index in [0.29, 0.717) is 24.3 Å². The van der Waals surface area contributed by atoms with E-state index in [2.05, 4.69) is 10.3 Å². The topological polar surface area (TPSA) is 80.4 Å². The number of fused-ring (bicyclic) bond motifs is 1. The SMILES string of the molecule is NCc1cc(Oc2cccc3c2CCC(O)N3)nc(C(F)(F)F)c1. The van der Waals surface area contributed by atoms with Crippen molar-refractivity contribution in [3.05, 3.63) is 47.2 Å². The Morgan fingerprint density at radius 2 is 2.12 bits per heavy atom. The van der Waals surface area contributed by atoms with E-state index in [-0.39, 0.29) is 18.0 Å². The van der Waals surface area contributed by atoms with Gasteiger partial charge in [0.1, 0.15) is 17.7 Å². The first-order chi connectivity index (χ1) is 11.4. The van der Waals surface area contributed by atoms with Gasteiger partial charge in [0.15, 0.2) is 0 Å². The van der Waals surface area contributed by atoms with Gasteiger partial charge in [-0.25, -0.2) is 4.98 Å². The summed E-state index contributed by atoms with van der Waals surface area (Å²) in [6.45, 7) is -0.0530. The van der Waals surface area contributed by atoms with Gasteiger partial charge in [0.05, 0.1) is 0 Å².